The second kappa shape index (κ2) is 11.2. The van der Waals surface area contributed by atoms with Crippen molar-refractivity contribution >= 4 is 27.4 Å². The topological polar surface area (TPSA) is 115 Å². The fraction of sp³-hybridized carbons (Fsp3) is 0.385. The molecule has 1 atom stereocenters. The lowest BCUT2D eigenvalue weighted by Gasteiger charge is -2.24. The molecule has 0 spiro atoms. The van der Waals surface area contributed by atoms with Gasteiger partial charge in [-0.05, 0) is 61.6 Å². The predicted octanol–water partition coefficient (Wildman–Crippen LogP) is 3.13. The largest absolute Gasteiger partial charge is 0.474 e. The van der Waals surface area contributed by atoms with Crippen molar-refractivity contribution in [3.63, 3.8) is 0 Å². The minimum atomic E-state index is -3.99. The molecule has 0 aliphatic carbocycles. The van der Waals surface area contributed by atoms with Crippen LogP contribution in [0.25, 0.3) is 0 Å². The number of fused-ring (bicyclic) bond motifs is 1. The third kappa shape index (κ3) is 5.55. The van der Waals surface area contributed by atoms with Gasteiger partial charge in [-0.3, -0.25) is 14.0 Å². The Morgan fingerprint density at radius 2 is 1.87 bits per heavy atom. The Morgan fingerprint density at radius 1 is 1.08 bits per heavy atom. The summed E-state index contributed by atoms with van der Waals surface area (Å²) in [6.45, 7) is 0.511. The van der Waals surface area contributed by atoms with Gasteiger partial charge in [0.05, 0.1) is 41.6 Å². The second-order valence-electron chi connectivity index (χ2n) is 9.46. The van der Waals surface area contributed by atoms with Gasteiger partial charge in [0.1, 0.15) is 12.4 Å². The molecule has 1 aromatic heterocycles. The Morgan fingerprint density at radius 3 is 2.64 bits per heavy atom. The van der Waals surface area contributed by atoms with E-state index in [4.69, 9.17) is 4.74 Å². The van der Waals surface area contributed by atoms with E-state index in [-0.39, 0.29) is 36.0 Å². The monoisotopic (exact) mass is 559 g/mol. The number of carbonyl (C=O) groups excluding carboxylic acids is 2. The molecule has 0 saturated carbocycles. The van der Waals surface area contributed by atoms with Gasteiger partial charge < -0.3 is 9.64 Å². The molecule has 0 radical (unpaired) electrons. The molecule has 5 rings (SSSR count). The molecule has 39 heavy (non-hydrogen) atoms. The molecule has 1 amide bonds. The summed E-state index contributed by atoms with van der Waals surface area (Å²) in [5.41, 5.74) is 0.950. The molecule has 206 valence electrons. The summed E-state index contributed by atoms with van der Waals surface area (Å²) < 4.78 is 61.3. The number of benzene rings is 2. The van der Waals surface area contributed by atoms with Crippen molar-refractivity contribution in [2.24, 2.45) is 0 Å². The number of halogens is 2. The van der Waals surface area contributed by atoms with Gasteiger partial charge in [-0.1, -0.05) is 22.4 Å². The molecular weight excluding hydrogens is 532 g/mol. The zero-order valence-electron chi connectivity index (χ0n) is 21.0. The maximum absolute atomic E-state index is 13.6. The number of aryl methyl sites for hydroxylation is 1. The summed E-state index contributed by atoms with van der Waals surface area (Å²) in [7, 11) is -3.99. The van der Waals surface area contributed by atoms with Crippen LogP contribution in [0.4, 0.5) is 14.5 Å². The van der Waals surface area contributed by atoms with Crippen molar-refractivity contribution in [3.05, 3.63) is 65.6 Å². The number of anilines is 1. The maximum atomic E-state index is 13.6. The number of alkyl halides is 1. The van der Waals surface area contributed by atoms with Crippen molar-refractivity contribution in [1.82, 2.24) is 19.3 Å². The van der Waals surface area contributed by atoms with E-state index >= 15 is 0 Å². The maximum Gasteiger partial charge on any atom is 0.299 e. The first-order valence-electron chi connectivity index (χ1n) is 12.6. The van der Waals surface area contributed by atoms with Crippen molar-refractivity contribution in [2.75, 3.05) is 24.7 Å². The van der Waals surface area contributed by atoms with Crippen LogP contribution in [0.2, 0.25) is 0 Å². The van der Waals surface area contributed by atoms with Gasteiger partial charge >= 0.3 is 0 Å². The highest BCUT2D eigenvalue weighted by atomic mass is 32.2. The molecule has 3 heterocycles. The van der Waals surface area contributed by atoms with E-state index < -0.39 is 40.2 Å². The van der Waals surface area contributed by atoms with Gasteiger partial charge in [0, 0.05) is 13.1 Å². The lowest BCUT2D eigenvalue weighted by molar-refractivity contribution is -0.114. The zero-order chi connectivity index (χ0) is 27.6. The molecule has 10 nitrogen and oxygen atoms in total. The van der Waals surface area contributed by atoms with Crippen molar-refractivity contribution < 1.29 is 31.5 Å². The first-order chi connectivity index (χ1) is 18.8. The Labute approximate surface area is 224 Å². The summed E-state index contributed by atoms with van der Waals surface area (Å²) >= 11 is 0. The lowest BCUT2D eigenvalue weighted by atomic mass is 10.1. The molecule has 2 aromatic carbocycles. The highest BCUT2D eigenvalue weighted by Crippen LogP contribution is 2.34. The van der Waals surface area contributed by atoms with Crippen LogP contribution < -0.4 is 9.64 Å². The minimum absolute atomic E-state index is 0.0135. The fourth-order valence-electron chi connectivity index (χ4n) is 4.80. The molecule has 0 unspecified atom stereocenters. The highest BCUT2D eigenvalue weighted by molar-refractivity contribution is 7.89. The molecule has 1 fully saturated rings. The Hall–Kier alpha value is -3.71. The van der Waals surface area contributed by atoms with E-state index in [0.29, 0.717) is 43.5 Å². The van der Waals surface area contributed by atoms with Crippen LogP contribution in [0.15, 0.2) is 53.6 Å². The Bertz CT molecular complexity index is 1480. The number of hydrogen-bond acceptors (Lipinski definition) is 7. The molecule has 0 bridgehead atoms. The molecular formula is C26H27F2N5O5S. The summed E-state index contributed by atoms with van der Waals surface area (Å²) in [6, 6.07) is 9.21. The molecule has 13 heteroatoms. The Kier molecular flexibility index (Phi) is 7.71. The third-order valence-electron chi connectivity index (χ3n) is 6.84. The number of amides is 1. The van der Waals surface area contributed by atoms with Crippen LogP contribution in [0.5, 0.6) is 5.88 Å². The molecule has 0 N–H and O–H groups in total. The minimum Gasteiger partial charge on any atom is -0.474 e. The molecule has 2 aliphatic rings. The Balaban J connectivity index is 1.29. The van der Waals surface area contributed by atoms with Crippen LogP contribution in [0, 0.1) is 5.82 Å². The number of carbonyl (C=O) groups is 2. The second-order valence-corrected chi connectivity index (χ2v) is 11.4. The first kappa shape index (κ1) is 26.9. The van der Waals surface area contributed by atoms with Crippen LogP contribution in [0.1, 0.15) is 41.6 Å². The number of unbranched alkanes of at least 4 members (excludes halogenated alkanes) is 1. The van der Waals surface area contributed by atoms with Crippen LogP contribution in [0.3, 0.4) is 0 Å². The van der Waals surface area contributed by atoms with Gasteiger partial charge in [-0.25, -0.2) is 17.5 Å². The smallest absolute Gasteiger partial charge is 0.299 e. The average Bonchev–Trinajstić information content (AvgIpc) is 3.65. The summed E-state index contributed by atoms with van der Waals surface area (Å²) in [4.78, 5) is 26.6. The zero-order valence-corrected chi connectivity index (χ0v) is 21.8. The SMILES string of the molecule is O=C1C(=O)N(Cc2ccc(F)cc2)c2ccc(S(=O)(=O)N3CCC[C@H]3COc3cn(CCCCF)nn3)cc21. The predicted molar refractivity (Wildman–Crippen MR) is 136 cm³/mol. The van der Waals surface area contributed by atoms with E-state index in [2.05, 4.69) is 10.3 Å². The number of rotatable bonds is 11. The molecule has 3 aromatic rings. The van der Waals surface area contributed by atoms with Crippen LogP contribution in [-0.2, 0) is 27.9 Å². The number of sulfonamides is 1. The third-order valence-corrected chi connectivity index (χ3v) is 8.79. The summed E-state index contributed by atoms with van der Waals surface area (Å²) in [6.07, 6.45) is 3.86. The van der Waals surface area contributed by atoms with Crippen LogP contribution in [-0.4, -0.2) is 65.3 Å². The van der Waals surface area contributed by atoms with Gasteiger partial charge in [0.15, 0.2) is 0 Å². The standard InChI is InChI=1S/C26H27F2N5O5S/c27-11-1-2-12-31-16-24(29-30-31)38-17-20-4-3-13-33(20)39(36,37)21-9-10-23-22(14-21)25(34)26(35)32(23)15-18-5-7-19(28)8-6-18/h5-10,14,16,20H,1-4,11-13,15,17H2/t20-/m0/s1. The quantitative estimate of drug-likeness (QED) is 0.262. The number of ketones is 1. The van der Waals surface area contributed by atoms with E-state index in [1.54, 1.807) is 10.9 Å². The van der Waals surface area contributed by atoms with Crippen molar-refractivity contribution in [2.45, 2.75) is 49.7 Å². The average molecular weight is 560 g/mol. The number of aromatic nitrogens is 3. The van der Waals surface area contributed by atoms with Gasteiger partial charge in [0.2, 0.25) is 10.0 Å². The van der Waals surface area contributed by atoms with E-state index in [9.17, 15) is 26.8 Å². The number of nitrogens with zero attached hydrogens (tertiary/aromatic N) is 5. The summed E-state index contributed by atoms with van der Waals surface area (Å²) in [5, 5.41) is 7.87. The summed E-state index contributed by atoms with van der Waals surface area (Å²) in [5.74, 6) is -1.73. The van der Waals surface area contributed by atoms with Crippen molar-refractivity contribution in [3.8, 4) is 5.88 Å². The molecule has 1 saturated heterocycles. The van der Waals surface area contributed by atoms with E-state index in [0.717, 1.165) is 0 Å². The van der Waals surface area contributed by atoms with E-state index in [1.165, 1.54) is 51.7 Å². The normalized spacial score (nSPS) is 17.7. The highest BCUT2D eigenvalue weighted by Gasteiger charge is 2.40. The van der Waals surface area contributed by atoms with Gasteiger partial charge in [-0.15, -0.1) is 0 Å². The molecule has 2 aliphatic heterocycles. The fourth-order valence-corrected chi connectivity index (χ4v) is 6.51. The number of Topliss-reactive ketones (excluding diaryl/α,β-unsaturated/α-hetero) is 1. The van der Waals surface area contributed by atoms with Crippen molar-refractivity contribution in [1.29, 1.82) is 0 Å². The van der Waals surface area contributed by atoms with E-state index in [1.807, 2.05) is 0 Å². The number of hydrogen-bond donors (Lipinski definition) is 0. The van der Waals surface area contributed by atoms with Gasteiger partial charge in [0.25, 0.3) is 17.6 Å². The number of ether oxygens (including phenoxy) is 1. The lowest BCUT2D eigenvalue weighted by Crippen LogP contribution is -2.39. The first-order valence-corrected chi connectivity index (χ1v) is 14.1. The van der Waals surface area contributed by atoms with Gasteiger partial charge in [-0.2, -0.15) is 4.31 Å². The van der Waals surface area contributed by atoms with Crippen LogP contribution >= 0.6 is 0 Å².